The highest BCUT2D eigenvalue weighted by atomic mass is 16.5. The number of carbonyl (C=O) groups excluding carboxylic acids is 2. The van der Waals surface area contributed by atoms with E-state index >= 15 is 0 Å². The molecule has 180 valence electrons. The van der Waals surface area contributed by atoms with Gasteiger partial charge in [-0.25, -0.2) is 14.6 Å². The van der Waals surface area contributed by atoms with Gasteiger partial charge in [-0.15, -0.1) is 0 Å². The number of fused-ring (bicyclic) bond motifs is 3. The third kappa shape index (κ3) is 5.48. The molecule has 1 aliphatic carbocycles. The van der Waals surface area contributed by atoms with Crippen LogP contribution in [0.5, 0.6) is 0 Å². The van der Waals surface area contributed by atoms with Crippen molar-refractivity contribution >= 4 is 18.0 Å². The van der Waals surface area contributed by atoms with E-state index in [2.05, 4.69) is 27.8 Å². The standard InChI is InChI=1S/C27H27N3O5/c1-2-7-23(25(31)29-15-17-12-13-24(26(32)33)28-14-17)30-27(34)35-16-22-20-10-5-3-8-18(20)19-9-4-6-11-21(19)22/h3-6,8-14,22-23H,2,7,15-16H2,1H3,(H,29,31)(H,30,34)(H,32,33). The molecule has 1 aliphatic rings. The first-order valence-electron chi connectivity index (χ1n) is 11.6. The van der Waals surface area contributed by atoms with Crippen LogP contribution in [0.3, 0.4) is 0 Å². The van der Waals surface area contributed by atoms with Crippen LogP contribution in [0.15, 0.2) is 66.9 Å². The van der Waals surface area contributed by atoms with Crippen molar-refractivity contribution < 1.29 is 24.2 Å². The number of aromatic nitrogens is 1. The Kier molecular flexibility index (Phi) is 7.40. The van der Waals surface area contributed by atoms with Crippen molar-refractivity contribution in [2.75, 3.05) is 6.61 Å². The number of benzene rings is 2. The van der Waals surface area contributed by atoms with Gasteiger partial charge < -0.3 is 20.5 Å². The maximum absolute atomic E-state index is 12.7. The number of hydrogen-bond donors (Lipinski definition) is 3. The number of rotatable bonds is 9. The first kappa shape index (κ1) is 23.9. The summed E-state index contributed by atoms with van der Waals surface area (Å²) < 4.78 is 5.57. The van der Waals surface area contributed by atoms with E-state index in [1.54, 1.807) is 6.07 Å². The van der Waals surface area contributed by atoms with E-state index in [0.717, 1.165) is 22.3 Å². The zero-order valence-electron chi connectivity index (χ0n) is 19.4. The number of nitrogens with one attached hydrogen (secondary N) is 2. The Morgan fingerprint density at radius 1 is 1.00 bits per heavy atom. The molecule has 1 unspecified atom stereocenters. The largest absolute Gasteiger partial charge is 0.477 e. The van der Waals surface area contributed by atoms with Crippen molar-refractivity contribution in [1.82, 2.24) is 15.6 Å². The van der Waals surface area contributed by atoms with Crippen LogP contribution in [0.25, 0.3) is 11.1 Å². The number of aromatic carboxylic acids is 1. The van der Waals surface area contributed by atoms with E-state index < -0.39 is 18.1 Å². The van der Waals surface area contributed by atoms with Gasteiger partial charge in [-0.3, -0.25) is 4.79 Å². The molecule has 8 nitrogen and oxygen atoms in total. The number of carboxylic acids is 1. The van der Waals surface area contributed by atoms with Gasteiger partial charge in [0.15, 0.2) is 0 Å². The van der Waals surface area contributed by atoms with Crippen molar-refractivity contribution in [3.63, 3.8) is 0 Å². The summed E-state index contributed by atoms with van der Waals surface area (Å²) in [6.07, 6.45) is 1.90. The molecule has 0 saturated heterocycles. The SMILES string of the molecule is CCCC(NC(=O)OCC1c2ccccc2-c2ccccc21)C(=O)NCc1ccc(C(=O)O)nc1. The Bertz CT molecular complexity index is 1180. The maximum Gasteiger partial charge on any atom is 0.407 e. The van der Waals surface area contributed by atoms with Crippen LogP contribution < -0.4 is 10.6 Å². The highest BCUT2D eigenvalue weighted by Crippen LogP contribution is 2.44. The monoisotopic (exact) mass is 473 g/mol. The van der Waals surface area contributed by atoms with Gasteiger partial charge in [0.25, 0.3) is 0 Å². The third-order valence-electron chi connectivity index (χ3n) is 6.04. The average Bonchev–Trinajstić information content (AvgIpc) is 3.19. The lowest BCUT2D eigenvalue weighted by Gasteiger charge is -2.19. The zero-order valence-corrected chi connectivity index (χ0v) is 19.4. The average molecular weight is 474 g/mol. The minimum atomic E-state index is -1.11. The summed E-state index contributed by atoms with van der Waals surface area (Å²) >= 11 is 0. The first-order valence-corrected chi connectivity index (χ1v) is 11.6. The Morgan fingerprint density at radius 3 is 2.23 bits per heavy atom. The number of amides is 2. The topological polar surface area (TPSA) is 118 Å². The molecule has 2 aromatic carbocycles. The van der Waals surface area contributed by atoms with E-state index in [-0.39, 0.29) is 30.7 Å². The molecule has 0 aliphatic heterocycles. The Hall–Kier alpha value is -4.20. The van der Waals surface area contributed by atoms with Crippen molar-refractivity contribution in [1.29, 1.82) is 0 Å². The second kappa shape index (κ2) is 10.8. The fourth-order valence-electron chi connectivity index (χ4n) is 4.31. The summed E-state index contributed by atoms with van der Waals surface area (Å²) in [5.41, 5.74) is 5.11. The van der Waals surface area contributed by atoms with Crippen molar-refractivity contribution in [3.8, 4) is 11.1 Å². The molecule has 8 heteroatoms. The normalized spacial score (nSPS) is 12.8. The molecular formula is C27H27N3O5. The number of alkyl carbamates (subject to hydrolysis) is 1. The number of nitrogens with zero attached hydrogens (tertiary/aromatic N) is 1. The van der Waals surface area contributed by atoms with Crippen molar-refractivity contribution in [2.24, 2.45) is 0 Å². The van der Waals surface area contributed by atoms with Crippen LogP contribution >= 0.6 is 0 Å². The van der Waals surface area contributed by atoms with Gasteiger partial charge in [0.1, 0.15) is 18.3 Å². The van der Waals surface area contributed by atoms with Gasteiger partial charge in [-0.1, -0.05) is 67.9 Å². The third-order valence-corrected chi connectivity index (χ3v) is 6.04. The summed E-state index contributed by atoms with van der Waals surface area (Å²) in [5, 5.41) is 14.4. The quantitative estimate of drug-likeness (QED) is 0.431. The lowest BCUT2D eigenvalue weighted by atomic mass is 9.98. The summed E-state index contributed by atoms with van der Waals surface area (Å²) in [4.78, 5) is 40.1. The first-order chi connectivity index (χ1) is 17.0. The van der Waals surface area contributed by atoms with E-state index in [9.17, 15) is 14.4 Å². The fraction of sp³-hybridized carbons (Fsp3) is 0.259. The van der Waals surface area contributed by atoms with Crippen LogP contribution in [0.4, 0.5) is 4.79 Å². The predicted molar refractivity (Wildman–Crippen MR) is 130 cm³/mol. The van der Waals surface area contributed by atoms with Crippen LogP contribution in [0.2, 0.25) is 0 Å². The predicted octanol–water partition coefficient (Wildman–Crippen LogP) is 4.10. The molecule has 0 fully saturated rings. The molecule has 1 aromatic heterocycles. The fourth-order valence-corrected chi connectivity index (χ4v) is 4.31. The number of carboxylic acid groups (broad SMARTS) is 1. The van der Waals surface area contributed by atoms with E-state index in [4.69, 9.17) is 9.84 Å². The second-order valence-corrected chi connectivity index (χ2v) is 8.39. The summed E-state index contributed by atoms with van der Waals surface area (Å²) in [5.74, 6) is -1.52. The summed E-state index contributed by atoms with van der Waals surface area (Å²) in [6, 6.07) is 18.4. The molecule has 0 radical (unpaired) electrons. The molecule has 4 rings (SSSR count). The molecule has 2 amide bonds. The summed E-state index contributed by atoms with van der Waals surface area (Å²) in [7, 11) is 0. The van der Waals surface area contributed by atoms with Crippen LogP contribution in [0.1, 0.15) is 52.9 Å². The molecular weight excluding hydrogens is 446 g/mol. The number of hydrogen-bond acceptors (Lipinski definition) is 5. The lowest BCUT2D eigenvalue weighted by Crippen LogP contribution is -2.46. The molecule has 0 spiro atoms. The van der Waals surface area contributed by atoms with Gasteiger partial charge in [0.2, 0.25) is 5.91 Å². The molecule has 0 saturated carbocycles. The minimum Gasteiger partial charge on any atom is -0.477 e. The van der Waals surface area contributed by atoms with E-state index in [1.807, 2.05) is 43.3 Å². The van der Waals surface area contributed by atoms with Crippen LogP contribution in [-0.4, -0.2) is 40.7 Å². The van der Waals surface area contributed by atoms with Crippen molar-refractivity contribution in [3.05, 3.63) is 89.2 Å². The molecule has 0 bridgehead atoms. The Labute approximate surface area is 203 Å². The molecule has 3 N–H and O–H groups in total. The Balaban J connectivity index is 1.34. The van der Waals surface area contributed by atoms with Gasteiger partial charge >= 0.3 is 12.1 Å². The maximum atomic E-state index is 12.7. The van der Waals surface area contributed by atoms with Gasteiger partial charge in [-0.2, -0.15) is 0 Å². The van der Waals surface area contributed by atoms with Crippen molar-refractivity contribution in [2.45, 2.75) is 38.3 Å². The minimum absolute atomic E-state index is 0.0622. The van der Waals surface area contributed by atoms with Gasteiger partial charge in [0.05, 0.1) is 0 Å². The van der Waals surface area contributed by atoms with Gasteiger partial charge in [-0.05, 0) is 40.3 Å². The number of ether oxygens (including phenoxy) is 1. The summed E-state index contributed by atoms with van der Waals surface area (Å²) in [6.45, 7) is 2.26. The zero-order chi connectivity index (χ0) is 24.8. The Morgan fingerprint density at radius 2 is 1.66 bits per heavy atom. The number of carbonyl (C=O) groups is 3. The molecule has 1 heterocycles. The van der Waals surface area contributed by atoms with Crippen LogP contribution in [-0.2, 0) is 16.1 Å². The molecule has 1 atom stereocenters. The highest BCUT2D eigenvalue weighted by molar-refractivity contribution is 5.86. The molecule has 35 heavy (non-hydrogen) atoms. The smallest absolute Gasteiger partial charge is 0.407 e. The van der Waals surface area contributed by atoms with Gasteiger partial charge in [0, 0.05) is 18.7 Å². The molecule has 3 aromatic rings. The second-order valence-electron chi connectivity index (χ2n) is 8.39. The van der Waals surface area contributed by atoms with E-state index in [1.165, 1.54) is 12.3 Å². The van der Waals surface area contributed by atoms with Crippen LogP contribution in [0, 0.1) is 0 Å². The lowest BCUT2D eigenvalue weighted by molar-refractivity contribution is -0.123. The number of pyridine rings is 1. The van der Waals surface area contributed by atoms with E-state index in [0.29, 0.717) is 18.4 Å². The highest BCUT2D eigenvalue weighted by Gasteiger charge is 2.29.